The summed E-state index contributed by atoms with van der Waals surface area (Å²) in [6.07, 6.45) is -2.41. The summed E-state index contributed by atoms with van der Waals surface area (Å²) in [6.45, 7) is 7.74. The number of rotatable bonds is 6. The van der Waals surface area contributed by atoms with Crippen LogP contribution in [0.4, 0.5) is 17.6 Å². The van der Waals surface area contributed by atoms with Gasteiger partial charge in [-0.1, -0.05) is 45.7 Å². The van der Waals surface area contributed by atoms with Gasteiger partial charge in [-0.05, 0) is 18.2 Å². The second-order valence-corrected chi connectivity index (χ2v) is 7.66. The normalized spacial score (nSPS) is 10.4. The molecule has 2 aromatic heterocycles. The summed E-state index contributed by atoms with van der Waals surface area (Å²) in [5.74, 6) is -2.43. The highest BCUT2D eigenvalue weighted by molar-refractivity contribution is 6.32. The Kier molecular flexibility index (Phi) is 12.7. The second kappa shape index (κ2) is 14.9. The number of hydrogen-bond donors (Lipinski definition) is 0. The molecule has 0 radical (unpaired) electrons. The lowest BCUT2D eigenvalue weighted by atomic mass is 10.2. The first kappa shape index (κ1) is 33.2. The Bertz CT molecular complexity index is 1390. The first-order valence-electron chi connectivity index (χ1n) is 11.6. The number of ether oxygens (including phenoxy) is 3. The van der Waals surface area contributed by atoms with Gasteiger partial charge in [-0.25, -0.2) is 23.5 Å². The number of carbonyl (C=O) groups excluding carboxylic acids is 1. The highest BCUT2D eigenvalue weighted by Gasteiger charge is 2.35. The van der Waals surface area contributed by atoms with Gasteiger partial charge in [0.1, 0.15) is 17.3 Å². The number of hydrogen-bond acceptors (Lipinski definition) is 7. The molecule has 0 saturated carbocycles. The molecule has 0 saturated heterocycles. The molecule has 214 valence electrons. The van der Waals surface area contributed by atoms with E-state index in [0.717, 1.165) is 20.2 Å². The van der Waals surface area contributed by atoms with Crippen molar-refractivity contribution in [3.8, 4) is 23.1 Å². The number of nitrogens with zero attached hydrogens (tertiary/aromatic N) is 3. The number of pyridine rings is 1. The molecule has 39 heavy (non-hydrogen) atoms. The summed E-state index contributed by atoms with van der Waals surface area (Å²) in [7, 11) is 1.93. The van der Waals surface area contributed by atoms with Crippen molar-refractivity contribution < 1.29 is 36.6 Å². The number of methoxy groups -OCH3 is 1. The Hall–Kier alpha value is -3.87. The Balaban J connectivity index is 0.00000142. The Morgan fingerprint density at radius 3 is 2.28 bits per heavy atom. The second-order valence-electron chi connectivity index (χ2n) is 7.26. The molecule has 9 nitrogen and oxygen atoms in total. The van der Waals surface area contributed by atoms with E-state index in [1.54, 1.807) is 0 Å². The Morgan fingerprint density at radius 2 is 1.72 bits per heavy atom. The summed E-state index contributed by atoms with van der Waals surface area (Å²) in [6, 6.07) is 4.53. The molecule has 1 aromatic carbocycles. The fourth-order valence-electron chi connectivity index (χ4n) is 2.75. The summed E-state index contributed by atoms with van der Waals surface area (Å²) in [5.41, 5.74) is -5.09. The van der Waals surface area contributed by atoms with E-state index < -0.39 is 47.2 Å². The molecule has 0 spiro atoms. The van der Waals surface area contributed by atoms with E-state index in [4.69, 9.17) is 21.1 Å². The lowest BCUT2D eigenvalue weighted by Gasteiger charge is -2.16. The van der Waals surface area contributed by atoms with Crippen molar-refractivity contribution in [2.75, 3.05) is 13.7 Å². The van der Waals surface area contributed by atoms with Crippen LogP contribution in [0.1, 0.15) is 39.8 Å². The Labute approximate surface area is 226 Å². The summed E-state index contributed by atoms with van der Waals surface area (Å²) < 4.78 is 69.5. The van der Waals surface area contributed by atoms with E-state index in [9.17, 15) is 31.9 Å². The average Bonchev–Trinajstić information content (AvgIpc) is 2.89. The highest BCUT2D eigenvalue weighted by atomic mass is 35.5. The minimum Gasteiger partial charge on any atom is -0.466 e. The quantitative estimate of drug-likeness (QED) is 0.280. The number of carbonyl (C=O) groups is 1. The number of alkyl halides is 3. The van der Waals surface area contributed by atoms with Crippen LogP contribution in [0.2, 0.25) is 5.02 Å². The minimum absolute atomic E-state index is 0.0847. The first-order chi connectivity index (χ1) is 18.3. The van der Waals surface area contributed by atoms with E-state index >= 15 is 0 Å². The first-order valence-corrected chi connectivity index (χ1v) is 12.0. The minimum atomic E-state index is -4.99. The van der Waals surface area contributed by atoms with E-state index in [-0.39, 0.29) is 37.6 Å². The van der Waals surface area contributed by atoms with Gasteiger partial charge >= 0.3 is 17.8 Å². The zero-order valence-electron chi connectivity index (χ0n) is 22.1. The number of benzene rings is 1. The number of esters is 1. The molecule has 14 heteroatoms. The molecule has 0 fully saturated rings. The van der Waals surface area contributed by atoms with Crippen LogP contribution in [0.15, 0.2) is 46.1 Å². The maximum absolute atomic E-state index is 14.7. The van der Waals surface area contributed by atoms with E-state index in [2.05, 4.69) is 23.6 Å². The van der Waals surface area contributed by atoms with Crippen molar-refractivity contribution in [1.29, 1.82) is 0 Å². The molecule has 0 aliphatic rings. The van der Waals surface area contributed by atoms with Gasteiger partial charge in [0.15, 0.2) is 12.4 Å². The third-order valence-corrected chi connectivity index (χ3v) is 4.66. The van der Waals surface area contributed by atoms with Gasteiger partial charge in [0.2, 0.25) is 0 Å². The molecule has 0 atom stereocenters. The Morgan fingerprint density at radius 1 is 1.10 bits per heavy atom. The summed E-state index contributed by atoms with van der Waals surface area (Å²) >= 11 is 6.02. The monoisotopic (exact) mass is 577 g/mol. The third kappa shape index (κ3) is 8.57. The lowest BCUT2D eigenvalue weighted by Crippen LogP contribution is -2.41. The predicted molar refractivity (Wildman–Crippen MR) is 136 cm³/mol. The van der Waals surface area contributed by atoms with Gasteiger partial charge in [-0.3, -0.25) is 9.36 Å². The molecule has 2 heterocycles. The van der Waals surface area contributed by atoms with Crippen molar-refractivity contribution in [2.45, 2.75) is 40.3 Å². The fourth-order valence-corrected chi connectivity index (χ4v) is 2.94. The third-order valence-electron chi connectivity index (χ3n) is 4.36. The zero-order chi connectivity index (χ0) is 29.9. The van der Waals surface area contributed by atoms with Crippen molar-refractivity contribution >= 4 is 17.6 Å². The van der Waals surface area contributed by atoms with Gasteiger partial charge in [0.05, 0.1) is 17.8 Å². The molecule has 0 unspecified atom stereocenters. The molecule has 0 aliphatic carbocycles. The summed E-state index contributed by atoms with van der Waals surface area (Å²) in [4.78, 5) is 40.0. The molecular formula is C25H28ClF4N3O6. The van der Waals surface area contributed by atoms with Crippen LogP contribution in [0.25, 0.3) is 5.69 Å². The lowest BCUT2D eigenvalue weighted by molar-refractivity contribution is -0.144. The highest BCUT2D eigenvalue weighted by Crippen LogP contribution is 2.36. The topological polar surface area (TPSA) is 102 Å². The van der Waals surface area contributed by atoms with Crippen LogP contribution in [0, 0.1) is 5.82 Å². The standard InChI is InChI=1S/C20H14ClF4N3O6.C3H8.C2H6/c1-27-15(20(23,24)25)8-16(29)28(19(27)31)12-7-14(10(21)6-11(12)22)34-13-4-3-5-26-18(13)33-9-17(30)32-2;1-3-2;1-2/h3-8H,9H2,1-2H3;3H2,1-2H3;1-2H3. The van der Waals surface area contributed by atoms with Gasteiger partial charge in [0.25, 0.3) is 11.4 Å². The van der Waals surface area contributed by atoms with E-state index in [1.165, 1.54) is 24.8 Å². The van der Waals surface area contributed by atoms with Crippen molar-refractivity contribution in [2.24, 2.45) is 7.05 Å². The maximum atomic E-state index is 14.7. The van der Waals surface area contributed by atoms with Gasteiger partial charge in [-0.15, -0.1) is 0 Å². The maximum Gasteiger partial charge on any atom is 0.431 e. The molecule has 0 aliphatic heterocycles. The average molecular weight is 578 g/mol. The van der Waals surface area contributed by atoms with E-state index in [1.807, 2.05) is 13.8 Å². The van der Waals surface area contributed by atoms with Crippen LogP contribution >= 0.6 is 11.6 Å². The van der Waals surface area contributed by atoms with Gasteiger partial charge in [0, 0.05) is 25.4 Å². The van der Waals surface area contributed by atoms with Crippen molar-refractivity contribution in [3.05, 3.63) is 73.9 Å². The smallest absolute Gasteiger partial charge is 0.431 e. The van der Waals surface area contributed by atoms with Crippen LogP contribution in [-0.4, -0.2) is 33.8 Å². The fraction of sp³-hybridized carbons (Fsp3) is 0.360. The number of halogens is 5. The molecule has 3 rings (SSSR count). The van der Waals surface area contributed by atoms with Crippen molar-refractivity contribution in [3.63, 3.8) is 0 Å². The van der Waals surface area contributed by atoms with Gasteiger partial charge < -0.3 is 14.2 Å². The predicted octanol–water partition coefficient (Wildman–Crippen LogP) is 5.53. The van der Waals surface area contributed by atoms with Crippen LogP contribution in [0.3, 0.4) is 0 Å². The molecule has 3 aromatic rings. The van der Waals surface area contributed by atoms with Crippen LogP contribution < -0.4 is 20.7 Å². The van der Waals surface area contributed by atoms with Crippen LogP contribution in [0.5, 0.6) is 17.4 Å². The SMILES string of the molecule is CC.CCC.COC(=O)COc1ncccc1Oc1cc(-n2c(=O)cc(C(F)(F)F)n(C)c2=O)c(F)cc1Cl. The molecular weight excluding hydrogens is 550 g/mol. The van der Waals surface area contributed by atoms with E-state index in [0.29, 0.717) is 6.07 Å². The van der Waals surface area contributed by atoms with Crippen LogP contribution in [-0.2, 0) is 22.8 Å². The zero-order valence-corrected chi connectivity index (χ0v) is 22.8. The molecule has 0 amide bonds. The number of aromatic nitrogens is 3. The molecule has 0 bridgehead atoms. The van der Waals surface area contributed by atoms with Gasteiger partial charge in [-0.2, -0.15) is 13.2 Å². The largest absolute Gasteiger partial charge is 0.466 e. The summed E-state index contributed by atoms with van der Waals surface area (Å²) in [5, 5.41) is -0.305. The van der Waals surface area contributed by atoms with Crippen molar-refractivity contribution in [1.82, 2.24) is 14.1 Å². The molecule has 0 N–H and O–H groups in total.